The Morgan fingerprint density at radius 3 is 1.38 bits per heavy atom. The van der Waals surface area contributed by atoms with Crippen LogP contribution < -0.4 is 0 Å². The molecule has 0 aromatic heterocycles. The van der Waals surface area contributed by atoms with E-state index in [1.165, 1.54) is 11.1 Å². The Morgan fingerprint density at radius 2 is 1.10 bits per heavy atom. The van der Waals surface area contributed by atoms with Crippen molar-refractivity contribution in [1.29, 1.82) is 0 Å². The Kier molecular flexibility index (Phi) is 4.53. The van der Waals surface area contributed by atoms with Crippen LogP contribution in [-0.2, 0) is 10.3 Å². The van der Waals surface area contributed by atoms with Crippen molar-refractivity contribution in [3.05, 3.63) is 71.8 Å². The second-order valence-corrected chi connectivity index (χ2v) is 6.83. The first-order valence-corrected chi connectivity index (χ1v) is 7.67. The minimum absolute atomic E-state index is 0.0695. The quantitative estimate of drug-likeness (QED) is 0.729. The molecule has 112 valence electrons. The first-order chi connectivity index (χ1) is 9.88. The van der Waals surface area contributed by atoms with Crippen LogP contribution in [-0.4, -0.2) is 6.10 Å². The van der Waals surface area contributed by atoms with Gasteiger partial charge < -0.3 is 4.74 Å². The molecule has 0 aliphatic rings. The monoisotopic (exact) mass is 282 g/mol. The van der Waals surface area contributed by atoms with Gasteiger partial charge in [-0.3, -0.25) is 0 Å². The Morgan fingerprint density at radius 1 is 0.714 bits per heavy atom. The lowest BCUT2D eigenvalue weighted by Crippen LogP contribution is -2.45. The van der Waals surface area contributed by atoms with E-state index < -0.39 is 5.60 Å². The van der Waals surface area contributed by atoms with Crippen molar-refractivity contribution >= 4 is 0 Å². The van der Waals surface area contributed by atoms with Gasteiger partial charge >= 0.3 is 0 Å². The molecule has 0 aliphatic heterocycles. The maximum Gasteiger partial charge on any atom is 0.123 e. The summed E-state index contributed by atoms with van der Waals surface area (Å²) in [7, 11) is 0. The van der Waals surface area contributed by atoms with Crippen LogP contribution in [0.1, 0.15) is 45.7 Å². The molecule has 0 bridgehead atoms. The molecular formula is C20H26O. The van der Waals surface area contributed by atoms with Crippen LogP contribution >= 0.6 is 0 Å². The van der Waals surface area contributed by atoms with Crippen LogP contribution in [0, 0.1) is 5.41 Å². The Labute approximate surface area is 129 Å². The molecular weight excluding hydrogens is 256 g/mol. The lowest BCUT2D eigenvalue weighted by molar-refractivity contribution is -0.122. The molecule has 21 heavy (non-hydrogen) atoms. The highest BCUT2D eigenvalue weighted by Crippen LogP contribution is 2.48. The zero-order chi connectivity index (χ0) is 15.5. The second kappa shape index (κ2) is 6.03. The summed E-state index contributed by atoms with van der Waals surface area (Å²) < 4.78 is 6.57. The van der Waals surface area contributed by atoms with Crippen molar-refractivity contribution in [2.45, 2.75) is 46.3 Å². The van der Waals surface area contributed by atoms with Gasteiger partial charge in [-0.1, -0.05) is 81.4 Å². The van der Waals surface area contributed by atoms with Crippen molar-refractivity contribution in [2.75, 3.05) is 0 Å². The highest BCUT2D eigenvalue weighted by molar-refractivity contribution is 5.38. The van der Waals surface area contributed by atoms with E-state index in [0.29, 0.717) is 0 Å². The highest BCUT2D eigenvalue weighted by Gasteiger charge is 2.46. The fourth-order valence-electron chi connectivity index (χ4n) is 3.04. The number of hydrogen-bond donors (Lipinski definition) is 0. The van der Waals surface area contributed by atoms with Gasteiger partial charge in [-0.15, -0.1) is 0 Å². The summed E-state index contributed by atoms with van der Waals surface area (Å²) in [5, 5.41) is 0. The molecule has 0 atom stereocenters. The SMILES string of the molecule is CC(C)OC(c1ccccc1)(c1ccccc1)C(C)(C)C. The standard InChI is InChI=1S/C20H26O/c1-16(2)21-20(19(3,4)5,17-12-8-6-9-13-17)18-14-10-7-11-15-18/h6-16H,1-5H3. The maximum absolute atomic E-state index is 6.57. The third-order valence-electron chi connectivity index (χ3n) is 3.83. The van der Waals surface area contributed by atoms with E-state index in [9.17, 15) is 0 Å². The molecule has 0 saturated heterocycles. The summed E-state index contributed by atoms with van der Waals surface area (Å²) in [4.78, 5) is 0. The van der Waals surface area contributed by atoms with E-state index >= 15 is 0 Å². The lowest BCUT2D eigenvalue weighted by atomic mass is 9.68. The molecule has 0 heterocycles. The van der Waals surface area contributed by atoms with Gasteiger partial charge in [0.15, 0.2) is 0 Å². The molecule has 2 aromatic carbocycles. The van der Waals surface area contributed by atoms with E-state index in [-0.39, 0.29) is 11.5 Å². The number of benzene rings is 2. The van der Waals surface area contributed by atoms with Crippen molar-refractivity contribution in [2.24, 2.45) is 5.41 Å². The van der Waals surface area contributed by atoms with Crippen molar-refractivity contribution in [3.63, 3.8) is 0 Å². The summed E-state index contributed by atoms with van der Waals surface area (Å²) >= 11 is 0. The molecule has 0 fully saturated rings. The predicted octanol–water partition coefficient (Wildman–Crippen LogP) is 5.40. The van der Waals surface area contributed by atoms with Crippen molar-refractivity contribution in [1.82, 2.24) is 0 Å². The molecule has 2 aromatic rings. The van der Waals surface area contributed by atoms with Gasteiger partial charge in [0.25, 0.3) is 0 Å². The number of ether oxygens (including phenoxy) is 1. The van der Waals surface area contributed by atoms with Gasteiger partial charge in [-0.05, 0) is 30.4 Å². The zero-order valence-electron chi connectivity index (χ0n) is 13.8. The molecule has 0 spiro atoms. The largest absolute Gasteiger partial charge is 0.362 e. The first kappa shape index (κ1) is 15.8. The highest BCUT2D eigenvalue weighted by atomic mass is 16.5. The molecule has 0 N–H and O–H groups in total. The van der Waals surface area contributed by atoms with Gasteiger partial charge in [0, 0.05) is 0 Å². The number of hydrogen-bond acceptors (Lipinski definition) is 1. The van der Waals surface area contributed by atoms with Gasteiger partial charge in [-0.25, -0.2) is 0 Å². The van der Waals surface area contributed by atoms with Gasteiger partial charge in [-0.2, -0.15) is 0 Å². The number of rotatable bonds is 4. The topological polar surface area (TPSA) is 9.23 Å². The Balaban J connectivity index is 2.72. The van der Waals surface area contributed by atoms with E-state index in [1.807, 2.05) is 0 Å². The van der Waals surface area contributed by atoms with Crippen molar-refractivity contribution in [3.8, 4) is 0 Å². The third kappa shape index (κ3) is 3.03. The van der Waals surface area contributed by atoms with Crippen LogP contribution in [0.2, 0.25) is 0 Å². The maximum atomic E-state index is 6.57. The molecule has 0 amide bonds. The van der Waals surface area contributed by atoms with E-state index in [0.717, 1.165) is 0 Å². The minimum atomic E-state index is -0.455. The molecule has 0 radical (unpaired) electrons. The van der Waals surface area contributed by atoms with Crippen LogP contribution in [0.15, 0.2) is 60.7 Å². The van der Waals surface area contributed by atoms with Crippen LogP contribution in [0.4, 0.5) is 0 Å². The predicted molar refractivity (Wildman–Crippen MR) is 89.3 cm³/mol. The Hall–Kier alpha value is -1.60. The average molecular weight is 282 g/mol. The summed E-state index contributed by atoms with van der Waals surface area (Å²) in [6.07, 6.45) is 0.143. The minimum Gasteiger partial charge on any atom is -0.362 e. The zero-order valence-corrected chi connectivity index (χ0v) is 13.8. The van der Waals surface area contributed by atoms with Gasteiger partial charge in [0.05, 0.1) is 6.10 Å². The van der Waals surface area contributed by atoms with Crippen molar-refractivity contribution < 1.29 is 4.74 Å². The average Bonchev–Trinajstić information content (AvgIpc) is 2.45. The summed E-state index contributed by atoms with van der Waals surface area (Å²) in [6.45, 7) is 10.9. The van der Waals surface area contributed by atoms with Crippen LogP contribution in [0.3, 0.4) is 0 Å². The third-order valence-corrected chi connectivity index (χ3v) is 3.83. The molecule has 1 heteroatoms. The summed E-state index contributed by atoms with van der Waals surface area (Å²) in [5.41, 5.74) is 1.89. The van der Waals surface area contributed by atoms with E-state index in [1.54, 1.807) is 0 Å². The first-order valence-electron chi connectivity index (χ1n) is 7.67. The van der Waals surface area contributed by atoms with Gasteiger partial charge in [0.1, 0.15) is 5.60 Å². The Bertz CT molecular complexity index is 510. The lowest BCUT2D eigenvalue weighted by Gasteiger charge is -2.46. The summed E-state index contributed by atoms with van der Waals surface area (Å²) in [6, 6.07) is 21.1. The summed E-state index contributed by atoms with van der Waals surface area (Å²) in [5.74, 6) is 0. The van der Waals surface area contributed by atoms with E-state index in [4.69, 9.17) is 4.74 Å². The van der Waals surface area contributed by atoms with E-state index in [2.05, 4.69) is 95.3 Å². The fourth-order valence-corrected chi connectivity index (χ4v) is 3.04. The molecule has 0 aliphatic carbocycles. The normalized spacial score (nSPS) is 12.7. The molecule has 2 rings (SSSR count). The molecule has 0 unspecified atom stereocenters. The fraction of sp³-hybridized carbons (Fsp3) is 0.400. The van der Waals surface area contributed by atoms with Crippen LogP contribution in [0.5, 0.6) is 0 Å². The molecule has 0 saturated carbocycles. The second-order valence-electron chi connectivity index (χ2n) is 6.83. The van der Waals surface area contributed by atoms with Crippen LogP contribution in [0.25, 0.3) is 0 Å². The van der Waals surface area contributed by atoms with Gasteiger partial charge in [0.2, 0.25) is 0 Å². The molecule has 1 nitrogen and oxygen atoms in total. The smallest absolute Gasteiger partial charge is 0.123 e.